The van der Waals surface area contributed by atoms with Crippen LogP contribution in [0, 0.1) is 11.7 Å². The summed E-state index contributed by atoms with van der Waals surface area (Å²) in [5.41, 5.74) is -0.518. The Hall–Kier alpha value is -3.08. The average molecular weight is 497 g/mol. The molecule has 0 fully saturated rings. The van der Waals surface area contributed by atoms with Crippen LogP contribution in [0.15, 0.2) is 53.7 Å². The molecule has 1 heterocycles. The Balaban J connectivity index is 1.66. The maximum Gasteiger partial charge on any atom is 0.416 e. The lowest BCUT2D eigenvalue weighted by atomic mass is 10.2. The van der Waals surface area contributed by atoms with Crippen molar-refractivity contribution in [2.45, 2.75) is 44.8 Å². The Labute approximate surface area is 198 Å². The lowest BCUT2D eigenvalue weighted by molar-refractivity contribution is -0.137. The van der Waals surface area contributed by atoms with E-state index in [0.717, 1.165) is 23.9 Å². The molecule has 0 saturated carbocycles. The Morgan fingerprint density at radius 3 is 2.29 bits per heavy atom. The Bertz CT molecular complexity index is 1100. The summed E-state index contributed by atoms with van der Waals surface area (Å²) < 4.78 is 58.9. The molecule has 2 aromatic carbocycles. The lowest BCUT2D eigenvalue weighted by Crippen LogP contribution is -2.17. The van der Waals surface area contributed by atoms with Gasteiger partial charge in [0.25, 0.3) is 0 Å². The summed E-state index contributed by atoms with van der Waals surface area (Å²) in [5.74, 6) is 0.539. The van der Waals surface area contributed by atoms with E-state index in [0.29, 0.717) is 23.3 Å². The van der Waals surface area contributed by atoms with E-state index in [1.807, 2.05) is 18.4 Å². The fraction of sp³-hybridized carbons (Fsp3) is 0.348. The van der Waals surface area contributed by atoms with E-state index >= 15 is 0 Å². The largest absolute Gasteiger partial charge is 0.483 e. The molecule has 11 heteroatoms. The van der Waals surface area contributed by atoms with Crippen molar-refractivity contribution in [2.24, 2.45) is 5.92 Å². The molecule has 1 aromatic heterocycles. The van der Waals surface area contributed by atoms with Gasteiger partial charge in [-0.05, 0) is 61.4 Å². The van der Waals surface area contributed by atoms with Gasteiger partial charge < -0.3 is 14.6 Å². The first-order valence-corrected chi connectivity index (χ1v) is 11.5. The van der Waals surface area contributed by atoms with Gasteiger partial charge in [-0.25, -0.2) is 4.39 Å². The highest BCUT2D eigenvalue weighted by Gasteiger charge is 2.30. The molecule has 3 rings (SSSR count). The molecule has 0 bridgehead atoms. The SMILES string of the molecule is CC(C)Cn1c(SCC(=O)Nc2ccc(C(F)(F)F)cc2)nnc1C(C)Oc1ccc(F)cc1. The molecule has 0 spiro atoms. The van der Waals surface area contributed by atoms with Gasteiger partial charge in [-0.3, -0.25) is 4.79 Å². The highest BCUT2D eigenvalue weighted by atomic mass is 32.2. The minimum atomic E-state index is -4.44. The van der Waals surface area contributed by atoms with Crippen LogP contribution < -0.4 is 10.1 Å². The summed E-state index contributed by atoms with van der Waals surface area (Å²) in [5, 5.41) is 11.5. The molecular formula is C23H24F4N4O2S. The maximum absolute atomic E-state index is 13.1. The number of nitrogens with one attached hydrogen (secondary N) is 1. The predicted octanol–water partition coefficient (Wildman–Crippen LogP) is 5.96. The van der Waals surface area contributed by atoms with E-state index < -0.39 is 17.8 Å². The zero-order valence-electron chi connectivity index (χ0n) is 18.8. The number of thioether (sulfide) groups is 1. The first-order chi connectivity index (χ1) is 16.0. The molecule has 1 unspecified atom stereocenters. The summed E-state index contributed by atoms with van der Waals surface area (Å²) >= 11 is 1.16. The molecule has 0 saturated heterocycles. The van der Waals surface area contributed by atoms with E-state index in [4.69, 9.17) is 4.74 Å². The number of hydrogen-bond donors (Lipinski definition) is 1. The number of carbonyl (C=O) groups is 1. The van der Waals surface area contributed by atoms with Gasteiger partial charge >= 0.3 is 6.18 Å². The van der Waals surface area contributed by atoms with Gasteiger partial charge in [0, 0.05) is 12.2 Å². The van der Waals surface area contributed by atoms with E-state index in [2.05, 4.69) is 15.5 Å². The summed E-state index contributed by atoms with van der Waals surface area (Å²) in [4.78, 5) is 12.3. The number of carbonyl (C=O) groups excluding carboxylic acids is 1. The van der Waals surface area contributed by atoms with Gasteiger partial charge in [0.05, 0.1) is 11.3 Å². The number of aromatic nitrogens is 3. The van der Waals surface area contributed by atoms with Gasteiger partial charge in [-0.1, -0.05) is 25.6 Å². The quantitative estimate of drug-likeness (QED) is 0.292. The molecular weight excluding hydrogens is 472 g/mol. The minimum Gasteiger partial charge on any atom is -0.483 e. The minimum absolute atomic E-state index is 0.00947. The van der Waals surface area contributed by atoms with Gasteiger partial charge in [-0.2, -0.15) is 13.2 Å². The van der Waals surface area contributed by atoms with Crippen LogP contribution in [0.3, 0.4) is 0 Å². The predicted molar refractivity (Wildman–Crippen MR) is 121 cm³/mol. The third-order valence-corrected chi connectivity index (χ3v) is 5.58. The number of benzene rings is 2. The average Bonchev–Trinajstić information content (AvgIpc) is 3.15. The summed E-state index contributed by atoms with van der Waals surface area (Å²) in [6, 6.07) is 9.90. The van der Waals surface area contributed by atoms with Crippen LogP contribution in [-0.2, 0) is 17.5 Å². The third kappa shape index (κ3) is 6.96. The molecule has 1 atom stereocenters. The monoisotopic (exact) mass is 496 g/mol. The molecule has 1 N–H and O–H groups in total. The number of hydrogen-bond acceptors (Lipinski definition) is 5. The third-order valence-electron chi connectivity index (χ3n) is 4.61. The maximum atomic E-state index is 13.1. The molecule has 34 heavy (non-hydrogen) atoms. The van der Waals surface area contributed by atoms with E-state index in [1.54, 1.807) is 6.92 Å². The van der Waals surface area contributed by atoms with Crippen LogP contribution in [0.1, 0.15) is 38.3 Å². The van der Waals surface area contributed by atoms with Crippen LogP contribution in [-0.4, -0.2) is 26.4 Å². The topological polar surface area (TPSA) is 69.0 Å². The number of nitrogens with zero attached hydrogens (tertiary/aromatic N) is 3. The van der Waals surface area contributed by atoms with Crippen molar-refractivity contribution in [1.29, 1.82) is 0 Å². The fourth-order valence-corrected chi connectivity index (χ4v) is 3.84. The van der Waals surface area contributed by atoms with Crippen molar-refractivity contribution in [3.63, 3.8) is 0 Å². The highest BCUT2D eigenvalue weighted by Crippen LogP contribution is 2.30. The van der Waals surface area contributed by atoms with Crippen LogP contribution in [0.2, 0.25) is 0 Å². The second-order valence-corrected chi connectivity index (χ2v) is 8.91. The van der Waals surface area contributed by atoms with E-state index in [-0.39, 0.29) is 29.1 Å². The van der Waals surface area contributed by atoms with Crippen LogP contribution in [0.5, 0.6) is 5.75 Å². The van der Waals surface area contributed by atoms with Crippen molar-refractivity contribution in [3.8, 4) is 5.75 Å². The van der Waals surface area contributed by atoms with Gasteiger partial charge in [-0.15, -0.1) is 10.2 Å². The molecule has 182 valence electrons. The summed E-state index contributed by atoms with van der Waals surface area (Å²) in [6.45, 7) is 6.44. The standard InChI is InChI=1S/C23H24F4N4O2S/c1-14(2)12-31-21(15(3)33-19-10-6-17(24)7-11-19)29-30-22(31)34-13-20(32)28-18-8-4-16(5-9-18)23(25,26)27/h4-11,14-15H,12-13H2,1-3H3,(H,28,32). The van der Waals surface area contributed by atoms with Crippen molar-refractivity contribution in [1.82, 2.24) is 14.8 Å². The highest BCUT2D eigenvalue weighted by molar-refractivity contribution is 7.99. The normalized spacial score (nSPS) is 12.6. The Morgan fingerprint density at radius 2 is 1.71 bits per heavy atom. The first-order valence-electron chi connectivity index (χ1n) is 10.5. The van der Waals surface area contributed by atoms with Crippen LogP contribution >= 0.6 is 11.8 Å². The summed E-state index contributed by atoms with van der Waals surface area (Å²) in [7, 11) is 0. The number of alkyl halides is 3. The molecule has 3 aromatic rings. The smallest absolute Gasteiger partial charge is 0.416 e. The number of halogens is 4. The van der Waals surface area contributed by atoms with Gasteiger partial charge in [0.2, 0.25) is 5.91 Å². The summed E-state index contributed by atoms with van der Waals surface area (Å²) in [6.07, 6.45) is -4.92. The van der Waals surface area contributed by atoms with Gasteiger partial charge in [0.15, 0.2) is 17.1 Å². The second kappa shape index (κ2) is 10.9. The number of amides is 1. The molecule has 1 amide bonds. The zero-order valence-corrected chi connectivity index (χ0v) is 19.6. The molecule has 0 radical (unpaired) electrons. The molecule has 0 aliphatic heterocycles. The number of ether oxygens (including phenoxy) is 1. The first kappa shape index (κ1) is 25.5. The fourth-order valence-electron chi connectivity index (χ4n) is 3.08. The molecule has 0 aliphatic rings. The molecule has 0 aliphatic carbocycles. The van der Waals surface area contributed by atoms with E-state index in [9.17, 15) is 22.4 Å². The van der Waals surface area contributed by atoms with Crippen molar-refractivity contribution in [3.05, 3.63) is 65.7 Å². The van der Waals surface area contributed by atoms with Crippen molar-refractivity contribution >= 4 is 23.4 Å². The van der Waals surface area contributed by atoms with Gasteiger partial charge in [0.1, 0.15) is 11.6 Å². The van der Waals surface area contributed by atoms with Crippen LogP contribution in [0.25, 0.3) is 0 Å². The van der Waals surface area contributed by atoms with Crippen molar-refractivity contribution < 1.29 is 27.1 Å². The second-order valence-electron chi connectivity index (χ2n) is 7.97. The lowest BCUT2D eigenvalue weighted by Gasteiger charge is -2.17. The number of rotatable bonds is 9. The van der Waals surface area contributed by atoms with Crippen molar-refractivity contribution in [2.75, 3.05) is 11.1 Å². The Morgan fingerprint density at radius 1 is 1.06 bits per heavy atom. The Kier molecular flexibility index (Phi) is 8.19. The van der Waals surface area contributed by atoms with E-state index in [1.165, 1.54) is 36.4 Å². The van der Waals surface area contributed by atoms with Crippen LogP contribution in [0.4, 0.5) is 23.2 Å². The molecule has 6 nitrogen and oxygen atoms in total. The number of anilines is 1. The zero-order chi connectivity index (χ0) is 24.9.